The van der Waals surface area contributed by atoms with Crippen LogP contribution in [0.25, 0.3) is 0 Å². The van der Waals surface area contributed by atoms with Crippen LogP contribution in [-0.4, -0.2) is 19.6 Å². The van der Waals surface area contributed by atoms with Gasteiger partial charge in [-0.25, -0.2) is 0 Å². The number of carbonyl (C=O) groups excluding carboxylic acids is 1. The summed E-state index contributed by atoms with van der Waals surface area (Å²) in [6, 6.07) is 23.9. The molecular formula is C25H27NO3. The maximum Gasteiger partial charge on any atom is 0.262 e. The highest BCUT2D eigenvalue weighted by Gasteiger charge is 2.22. The van der Waals surface area contributed by atoms with Gasteiger partial charge in [-0.15, -0.1) is 0 Å². The molecule has 0 radical (unpaired) electrons. The van der Waals surface area contributed by atoms with Crippen LogP contribution in [0, 0.1) is 6.92 Å². The average Bonchev–Trinajstić information content (AvgIpc) is 2.73. The fourth-order valence-electron chi connectivity index (χ4n) is 3.24. The van der Waals surface area contributed by atoms with Crippen molar-refractivity contribution in [2.45, 2.75) is 26.2 Å². The van der Waals surface area contributed by atoms with Crippen molar-refractivity contribution in [2.24, 2.45) is 0 Å². The normalized spacial score (nSPS) is 11.0. The molecule has 0 aliphatic rings. The molecule has 150 valence electrons. The van der Waals surface area contributed by atoms with Crippen molar-refractivity contribution in [2.75, 3.05) is 19.0 Å². The molecule has 0 aliphatic carbocycles. The van der Waals surface area contributed by atoms with Crippen molar-refractivity contribution in [1.29, 1.82) is 0 Å². The number of rotatable bonds is 7. The summed E-state index contributed by atoms with van der Waals surface area (Å²) in [5.74, 6) is 1.04. The second kappa shape index (κ2) is 8.82. The Labute approximate surface area is 172 Å². The maximum absolute atomic E-state index is 12.3. The molecule has 0 bridgehead atoms. The van der Waals surface area contributed by atoms with Crippen LogP contribution in [0.4, 0.5) is 5.69 Å². The minimum atomic E-state index is -0.234. The van der Waals surface area contributed by atoms with Crippen molar-refractivity contribution in [1.82, 2.24) is 0 Å². The van der Waals surface area contributed by atoms with E-state index < -0.39 is 0 Å². The van der Waals surface area contributed by atoms with Gasteiger partial charge in [-0.2, -0.15) is 0 Å². The molecule has 0 heterocycles. The highest BCUT2D eigenvalue weighted by Crippen LogP contribution is 2.32. The summed E-state index contributed by atoms with van der Waals surface area (Å²) in [7, 11) is 1.58. The SMILES string of the molecule is COc1ccc(C)cc1NC(=O)COc1ccc(C(C)(C)c2ccccc2)cc1. The number of benzene rings is 3. The van der Waals surface area contributed by atoms with E-state index in [1.807, 2.05) is 55.5 Å². The molecule has 0 saturated carbocycles. The van der Waals surface area contributed by atoms with Gasteiger partial charge in [-0.3, -0.25) is 4.79 Å². The number of anilines is 1. The Bertz CT molecular complexity index is 963. The Morgan fingerprint density at radius 3 is 2.24 bits per heavy atom. The van der Waals surface area contributed by atoms with E-state index in [4.69, 9.17) is 9.47 Å². The molecule has 0 aromatic heterocycles. The largest absolute Gasteiger partial charge is 0.495 e. The van der Waals surface area contributed by atoms with E-state index in [9.17, 15) is 4.79 Å². The molecule has 29 heavy (non-hydrogen) atoms. The third-order valence-electron chi connectivity index (χ3n) is 5.07. The molecule has 3 aromatic rings. The van der Waals surface area contributed by atoms with E-state index in [1.165, 1.54) is 11.1 Å². The second-order valence-electron chi connectivity index (χ2n) is 7.56. The van der Waals surface area contributed by atoms with Crippen LogP contribution >= 0.6 is 0 Å². The van der Waals surface area contributed by atoms with E-state index in [-0.39, 0.29) is 17.9 Å². The number of carbonyl (C=O) groups is 1. The van der Waals surface area contributed by atoms with Crippen LogP contribution in [0.15, 0.2) is 72.8 Å². The van der Waals surface area contributed by atoms with Crippen LogP contribution < -0.4 is 14.8 Å². The first-order chi connectivity index (χ1) is 13.9. The van der Waals surface area contributed by atoms with Crippen molar-refractivity contribution < 1.29 is 14.3 Å². The van der Waals surface area contributed by atoms with Crippen LogP contribution in [0.2, 0.25) is 0 Å². The summed E-state index contributed by atoms with van der Waals surface area (Å²) in [4.78, 5) is 12.3. The van der Waals surface area contributed by atoms with E-state index >= 15 is 0 Å². The number of ether oxygens (including phenoxy) is 2. The van der Waals surface area contributed by atoms with E-state index in [0.717, 1.165) is 5.56 Å². The number of nitrogens with one attached hydrogen (secondary N) is 1. The Morgan fingerprint density at radius 1 is 0.931 bits per heavy atom. The lowest BCUT2D eigenvalue weighted by atomic mass is 9.78. The standard InChI is InChI=1S/C25H27NO3/c1-18-10-15-23(28-4)22(16-18)26-24(27)17-29-21-13-11-20(12-14-21)25(2,3)19-8-6-5-7-9-19/h5-16H,17H2,1-4H3,(H,26,27). The fourth-order valence-corrected chi connectivity index (χ4v) is 3.24. The van der Waals surface area contributed by atoms with Gasteiger partial charge in [0.2, 0.25) is 0 Å². The monoisotopic (exact) mass is 389 g/mol. The smallest absolute Gasteiger partial charge is 0.262 e. The average molecular weight is 389 g/mol. The van der Waals surface area contributed by atoms with E-state index in [2.05, 4.69) is 43.4 Å². The van der Waals surface area contributed by atoms with Crippen LogP contribution in [0.3, 0.4) is 0 Å². The summed E-state index contributed by atoms with van der Waals surface area (Å²) < 4.78 is 11.0. The topological polar surface area (TPSA) is 47.6 Å². The Balaban J connectivity index is 1.62. The Hall–Kier alpha value is -3.27. The summed E-state index contributed by atoms with van der Waals surface area (Å²) in [6.07, 6.45) is 0. The van der Waals surface area contributed by atoms with Gasteiger partial charge in [-0.1, -0.05) is 62.4 Å². The van der Waals surface area contributed by atoms with Crippen molar-refractivity contribution >= 4 is 11.6 Å². The number of hydrogen-bond acceptors (Lipinski definition) is 3. The zero-order chi connectivity index (χ0) is 20.9. The van der Waals surface area contributed by atoms with Gasteiger partial charge in [-0.05, 0) is 47.9 Å². The molecule has 0 atom stereocenters. The minimum absolute atomic E-state index is 0.0709. The third kappa shape index (κ3) is 4.96. The molecule has 4 heteroatoms. The van der Waals surface area contributed by atoms with Gasteiger partial charge < -0.3 is 14.8 Å². The lowest BCUT2D eigenvalue weighted by molar-refractivity contribution is -0.118. The van der Waals surface area contributed by atoms with E-state index in [1.54, 1.807) is 7.11 Å². The highest BCUT2D eigenvalue weighted by molar-refractivity contribution is 5.93. The molecule has 0 fully saturated rings. The molecule has 0 saturated heterocycles. The molecule has 0 spiro atoms. The van der Waals surface area contributed by atoms with E-state index in [0.29, 0.717) is 17.2 Å². The first-order valence-electron chi connectivity index (χ1n) is 9.63. The lowest BCUT2D eigenvalue weighted by Gasteiger charge is -2.26. The maximum atomic E-state index is 12.3. The molecule has 3 rings (SSSR count). The van der Waals surface area contributed by atoms with Gasteiger partial charge in [0.15, 0.2) is 6.61 Å². The fraction of sp³-hybridized carbons (Fsp3) is 0.240. The number of aryl methyl sites for hydroxylation is 1. The predicted molar refractivity (Wildman–Crippen MR) is 117 cm³/mol. The van der Waals surface area contributed by atoms with Crippen LogP contribution in [-0.2, 0) is 10.2 Å². The Kier molecular flexibility index (Phi) is 6.23. The lowest BCUT2D eigenvalue weighted by Crippen LogP contribution is -2.21. The van der Waals surface area contributed by atoms with Gasteiger partial charge in [0.25, 0.3) is 5.91 Å². The van der Waals surface area contributed by atoms with Crippen LogP contribution in [0.5, 0.6) is 11.5 Å². The molecular weight excluding hydrogens is 362 g/mol. The zero-order valence-electron chi connectivity index (χ0n) is 17.4. The first-order valence-corrected chi connectivity index (χ1v) is 9.63. The number of hydrogen-bond donors (Lipinski definition) is 1. The minimum Gasteiger partial charge on any atom is -0.495 e. The number of methoxy groups -OCH3 is 1. The van der Waals surface area contributed by atoms with Crippen molar-refractivity contribution in [3.8, 4) is 11.5 Å². The highest BCUT2D eigenvalue weighted by atomic mass is 16.5. The van der Waals surface area contributed by atoms with Gasteiger partial charge in [0.05, 0.1) is 12.8 Å². The molecule has 0 unspecified atom stereocenters. The zero-order valence-corrected chi connectivity index (χ0v) is 17.4. The molecule has 1 amide bonds. The number of amides is 1. The second-order valence-corrected chi connectivity index (χ2v) is 7.56. The van der Waals surface area contributed by atoms with Gasteiger partial charge in [0, 0.05) is 5.41 Å². The summed E-state index contributed by atoms with van der Waals surface area (Å²) in [6.45, 7) is 6.28. The van der Waals surface area contributed by atoms with Crippen molar-refractivity contribution in [3.05, 3.63) is 89.5 Å². The van der Waals surface area contributed by atoms with Crippen LogP contribution in [0.1, 0.15) is 30.5 Å². The molecule has 0 aliphatic heterocycles. The van der Waals surface area contributed by atoms with Gasteiger partial charge in [0.1, 0.15) is 11.5 Å². The molecule has 3 aromatic carbocycles. The third-order valence-corrected chi connectivity index (χ3v) is 5.07. The predicted octanol–water partition coefficient (Wildman–Crippen LogP) is 5.35. The summed E-state index contributed by atoms with van der Waals surface area (Å²) in [5, 5.41) is 2.84. The van der Waals surface area contributed by atoms with Crippen molar-refractivity contribution in [3.63, 3.8) is 0 Å². The molecule has 1 N–H and O–H groups in total. The summed E-state index contributed by atoms with van der Waals surface area (Å²) >= 11 is 0. The summed E-state index contributed by atoms with van der Waals surface area (Å²) in [5.41, 5.74) is 4.00. The molecule has 4 nitrogen and oxygen atoms in total. The first kappa shape index (κ1) is 20.5. The quantitative estimate of drug-likeness (QED) is 0.593. The van der Waals surface area contributed by atoms with Gasteiger partial charge >= 0.3 is 0 Å². The Morgan fingerprint density at radius 2 is 1.59 bits per heavy atom.